The number of fused-ring (bicyclic) bond motifs is 1. The normalized spacial score (nSPS) is 13.8. The summed E-state index contributed by atoms with van der Waals surface area (Å²) in [6.45, 7) is 2.52. The SMILES string of the molecule is Cc1c(O)n(-c2ccc3c(c2)OCCCO3)c(=O)[nH]c1=O. The summed E-state index contributed by atoms with van der Waals surface area (Å²) >= 11 is 0. The summed E-state index contributed by atoms with van der Waals surface area (Å²) in [4.78, 5) is 25.5. The van der Waals surface area contributed by atoms with Gasteiger partial charge in [-0.15, -0.1) is 0 Å². The second kappa shape index (κ2) is 5.01. The molecule has 0 unspecified atom stereocenters. The van der Waals surface area contributed by atoms with Gasteiger partial charge in [0.05, 0.1) is 24.5 Å². The molecule has 1 aliphatic heterocycles. The van der Waals surface area contributed by atoms with Crippen LogP contribution in [-0.4, -0.2) is 27.9 Å². The molecular formula is C14H14N2O5. The Morgan fingerprint density at radius 3 is 2.67 bits per heavy atom. The van der Waals surface area contributed by atoms with Crippen molar-refractivity contribution in [2.24, 2.45) is 0 Å². The summed E-state index contributed by atoms with van der Waals surface area (Å²) in [5.41, 5.74) is -0.858. The lowest BCUT2D eigenvalue weighted by molar-refractivity contribution is 0.297. The summed E-state index contributed by atoms with van der Waals surface area (Å²) in [5, 5.41) is 10.0. The highest BCUT2D eigenvalue weighted by Crippen LogP contribution is 2.32. The molecule has 21 heavy (non-hydrogen) atoms. The molecule has 0 saturated heterocycles. The maximum Gasteiger partial charge on any atom is 0.335 e. The zero-order chi connectivity index (χ0) is 15.0. The fraction of sp³-hybridized carbons (Fsp3) is 0.286. The molecule has 2 heterocycles. The van der Waals surface area contributed by atoms with Gasteiger partial charge in [-0.2, -0.15) is 0 Å². The molecule has 7 heteroatoms. The van der Waals surface area contributed by atoms with Crippen molar-refractivity contribution < 1.29 is 14.6 Å². The number of benzene rings is 1. The van der Waals surface area contributed by atoms with Gasteiger partial charge in [0, 0.05) is 12.5 Å². The van der Waals surface area contributed by atoms with Gasteiger partial charge in [0.2, 0.25) is 5.88 Å². The number of hydrogen-bond donors (Lipinski definition) is 2. The highest BCUT2D eigenvalue weighted by Gasteiger charge is 2.16. The smallest absolute Gasteiger partial charge is 0.335 e. The van der Waals surface area contributed by atoms with Crippen LogP contribution in [0.25, 0.3) is 5.69 Å². The molecule has 0 atom stereocenters. The topological polar surface area (TPSA) is 93.6 Å². The maximum atomic E-state index is 11.9. The summed E-state index contributed by atoms with van der Waals surface area (Å²) in [6.07, 6.45) is 0.771. The van der Waals surface area contributed by atoms with Crippen LogP contribution >= 0.6 is 0 Å². The van der Waals surface area contributed by atoms with Crippen molar-refractivity contribution in [1.82, 2.24) is 9.55 Å². The van der Waals surface area contributed by atoms with E-state index in [1.807, 2.05) is 0 Å². The lowest BCUT2D eigenvalue weighted by Crippen LogP contribution is -2.30. The van der Waals surface area contributed by atoms with Gasteiger partial charge in [-0.3, -0.25) is 9.78 Å². The van der Waals surface area contributed by atoms with E-state index < -0.39 is 17.1 Å². The van der Waals surface area contributed by atoms with Gasteiger partial charge < -0.3 is 14.6 Å². The zero-order valence-electron chi connectivity index (χ0n) is 11.4. The van der Waals surface area contributed by atoms with Crippen molar-refractivity contribution in [3.8, 4) is 23.1 Å². The fourth-order valence-corrected chi connectivity index (χ4v) is 2.14. The van der Waals surface area contributed by atoms with Crippen LogP contribution in [0.1, 0.15) is 12.0 Å². The highest BCUT2D eigenvalue weighted by molar-refractivity contribution is 5.50. The van der Waals surface area contributed by atoms with Gasteiger partial charge in [-0.05, 0) is 19.1 Å². The van der Waals surface area contributed by atoms with E-state index in [2.05, 4.69) is 4.98 Å². The predicted octanol–water partition coefficient (Wildman–Crippen LogP) is 0.701. The summed E-state index contributed by atoms with van der Waals surface area (Å²) < 4.78 is 12.1. The number of rotatable bonds is 1. The van der Waals surface area contributed by atoms with Crippen LogP contribution < -0.4 is 20.7 Å². The lowest BCUT2D eigenvalue weighted by Gasteiger charge is -2.12. The Bertz CT molecular complexity index is 806. The molecular weight excluding hydrogens is 276 g/mol. The second-order valence-corrected chi connectivity index (χ2v) is 4.72. The average Bonchev–Trinajstić information content (AvgIpc) is 2.69. The van der Waals surface area contributed by atoms with Crippen LogP contribution in [0.5, 0.6) is 17.4 Å². The lowest BCUT2D eigenvalue weighted by atomic mass is 10.2. The number of aromatic amines is 1. The first kappa shape index (κ1) is 13.3. The van der Waals surface area contributed by atoms with Gasteiger partial charge >= 0.3 is 5.69 Å². The van der Waals surface area contributed by atoms with Crippen LogP contribution in [0, 0.1) is 6.92 Å². The van der Waals surface area contributed by atoms with Crippen LogP contribution in [-0.2, 0) is 0 Å². The molecule has 0 amide bonds. The number of aromatic hydroxyl groups is 1. The molecule has 2 aromatic rings. The molecule has 0 aliphatic carbocycles. The summed E-state index contributed by atoms with van der Waals surface area (Å²) in [6, 6.07) is 4.88. The second-order valence-electron chi connectivity index (χ2n) is 4.72. The molecule has 0 fully saturated rings. The van der Waals surface area contributed by atoms with Crippen LogP contribution in [0.3, 0.4) is 0 Å². The quantitative estimate of drug-likeness (QED) is 0.806. The van der Waals surface area contributed by atoms with E-state index in [0.717, 1.165) is 11.0 Å². The van der Waals surface area contributed by atoms with E-state index >= 15 is 0 Å². The number of hydrogen-bond acceptors (Lipinski definition) is 5. The monoisotopic (exact) mass is 290 g/mol. The summed E-state index contributed by atoms with van der Waals surface area (Å²) in [5.74, 6) is 0.698. The number of nitrogens with zero attached hydrogens (tertiary/aromatic N) is 1. The highest BCUT2D eigenvalue weighted by atomic mass is 16.5. The minimum Gasteiger partial charge on any atom is -0.494 e. The largest absolute Gasteiger partial charge is 0.494 e. The van der Waals surface area contributed by atoms with Crippen molar-refractivity contribution in [2.45, 2.75) is 13.3 Å². The van der Waals surface area contributed by atoms with Gasteiger partial charge in [0.1, 0.15) is 0 Å². The minimum absolute atomic E-state index is 0.0710. The first-order chi connectivity index (χ1) is 10.1. The van der Waals surface area contributed by atoms with Crippen molar-refractivity contribution in [2.75, 3.05) is 13.2 Å². The maximum absolute atomic E-state index is 11.9. The number of H-pyrrole nitrogens is 1. The predicted molar refractivity (Wildman–Crippen MR) is 74.7 cm³/mol. The third-order valence-corrected chi connectivity index (χ3v) is 3.30. The van der Waals surface area contributed by atoms with E-state index in [1.165, 1.54) is 6.92 Å². The third-order valence-electron chi connectivity index (χ3n) is 3.30. The Labute approximate surface area is 119 Å². The first-order valence-electron chi connectivity index (χ1n) is 6.53. The first-order valence-corrected chi connectivity index (χ1v) is 6.53. The van der Waals surface area contributed by atoms with Crippen molar-refractivity contribution >= 4 is 0 Å². The molecule has 0 saturated carbocycles. The molecule has 110 valence electrons. The standard InChI is InChI=1S/C14H14N2O5/c1-8-12(17)15-14(19)16(13(8)18)9-3-4-10-11(7-9)21-6-2-5-20-10/h3-4,7,18H,2,5-6H2,1H3,(H,15,17,19). The molecule has 3 rings (SSSR count). The van der Waals surface area contributed by atoms with Gasteiger partial charge in [-0.1, -0.05) is 0 Å². The molecule has 7 nitrogen and oxygen atoms in total. The molecule has 2 N–H and O–H groups in total. The van der Waals surface area contributed by atoms with Crippen LogP contribution in [0.2, 0.25) is 0 Å². The van der Waals surface area contributed by atoms with E-state index in [9.17, 15) is 14.7 Å². The van der Waals surface area contributed by atoms with Crippen molar-refractivity contribution in [3.05, 3.63) is 44.6 Å². The van der Waals surface area contributed by atoms with E-state index in [0.29, 0.717) is 30.4 Å². The average molecular weight is 290 g/mol. The zero-order valence-corrected chi connectivity index (χ0v) is 11.4. The van der Waals surface area contributed by atoms with E-state index in [4.69, 9.17) is 9.47 Å². The number of aromatic nitrogens is 2. The van der Waals surface area contributed by atoms with Crippen molar-refractivity contribution in [1.29, 1.82) is 0 Å². The molecule has 0 bridgehead atoms. The number of nitrogens with one attached hydrogen (secondary N) is 1. The van der Waals surface area contributed by atoms with Gasteiger partial charge in [0.25, 0.3) is 5.56 Å². The Kier molecular flexibility index (Phi) is 3.17. The Balaban J connectivity index is 2.18. The van der Waals surface area contributed by atoms with Crippen molar-refractivity contribution in [3.63, 3.8) is 0 Å². The molecule has 1 aromatic carbocycles. The minimum atomic E-state index is -0.711. The molecule has 1 aromatic heterocycles. The van der Waals surface area contributed by atoms with Crippen LogP contribution in [0.4, 0.5) is 0 Å². The fourth-order valence-electron chi connectivity index (χ4n) is 2.14. The van der Waals surface area contributed by atoms with Gasteiger partial charge in [0.15, 0.2) is 11.5 Å². The molecule has 0 spiro atoms. The Morgan fingerprint density at radius 2 is 1.90 bits per heavy atom. The number of ether oxygens (including phenoxy) is 2. The Hall–Kier alpha value is -2.70. The third kappa shape index (κ3) is 2.26. The molecule has 1 aliphatic rings. The van der Waals surface area contributed by atoms with E-state index in [1.54, 1.807) is 18.2 Å². The van der Waals surface area contributed by atoms with E-state index in [-0.39, 0.29) is 5.56 Å². The Morgan fingerprint density at radius 1 is 1.19 bits per heavy atom. The summed E-state index contributed by atoms with van der Waals surface area (Å²) in [7, 11) is 0. The van der Waals surface area contributed by atoms with Crippen LogP contribution in [0.15, 0.2) is 27.8 Å². The molecule has 0 radical (unpaired) electrons. The van der Waals surface area contributed by atoms with Gasteiger partial charge in [-0.25, -0.2) is 9.36 Å².